The molecule has 1 N–H and O–H groups in total. The van der Waals surface area contributed by atoms with Crippen LogP contribution >= 0.6 is 0 Å². The number of aryl methyl sites for hydroxylation is 1. The number of fused-ring (bicyclic) bond motifs is 1. The standard InChI is InChI=1S/C17H25N3O2/c1-11(2)6-9-16(21)18-13-7-8-15-14(10-13)17(19-20(15)5)22-12(3)4/h7-8,10-12H,6,9H2,1-5H3,(H,18,21). The molecule has 1 aromatic carbocycles. The van der Waals surface area contributed by atoms with E-state index >= 15 is 0 Å². The van der Waals surface area contributed by atoms with Crippen molar-refractivity contribution in [1.82, 2.24) is 9.78 Å². The van der Waals surface area contributed by atoms with Crippen molar-refractivity contribution in [3.05, 3.63) is 18.2 Å². The van der Waals surface area contributed by atoms with E-state index in [9.17, 15) is 4.79 Å². The van der Waals surface area contributed by atoms with Crippen LogP contribution < -0.4 is 10.1 Å². The summed E-state index contributed by atoms with van der Waals surface area (Å²) in [4.78, 5) is 12.0. The van der Waals surface area contributed by atoms with Gasteiger partial charge in [0.15, 0.2) is 0 Å². The summed E-state index contributed by atoms with van der Waals surface area (Å²) >= 11 is 0. The van der Waals surface area contributed by atoms with Crippen molar-refractivity contribution in [2.75, 3.05) is 5.32 Å². The normalized spacial score (nSPS) is 11.4. The summed E-state index contributed by atoms with van der Waals surface area (Å²) in [5.41, 5.74) is 1.76. The van der Waals surface area contributed by atoms with Crippen molar-refractivity contribution in [1.29, 1.82) is 0 Å². The first kappa shape index (κ1) is 16.3. The quantitative estimate of drug-likeness (QED) is 0.884. The summed E-state index contributed by atoms with van der Waals surface area (Å²) in [7, 11) is 1.89. The van der Waals surface area contributed by atoms with Crippen molar-refractivity contribution in [3.63, 3.8) is 0 Å². The topological polar surface area (TPSA) is 56.1 Å². The number of aromatic nitrogens is 2. The van der Waals surface area contributed by atoms with Crippen molar-refractivity contribution in [3.8, 4) is 5.88 Å². The summed E-state index contributed by atoms with van der Waals surface area (Å²) < 4.78 is 7.53. The third-order valence-electron chi connectivity index (χ3n) is 3.40. The zero-order valence-electron chi connectivity index (χ0n) is 14.0. The number of hydrogen-bond acceptors (Lipinski definition) is 3. The van der Waals surface area contributed by atoms with Crippen LogP contribution in [0.4, 0.5) is 5.69 Å². The van der Waals surface area contributed by atoms with Crippen molar-refractivity contribution in [2.24, 2.45) is 13.0 Å². The number of benzene rings is 1. The third-order valence-corrected chi connectivity index (χ3v) is 3.40. The van der Waals surface area contributed by atoms with E-state index in [1.54, 1.807) is 4.68 Å². The van der Waals surface area contributed by atoms with Crippen LogP contribution in [0, 0.1) is 5.92 Å². The van der Waals surface area contributed by atoms with E-state index in [0.29, 0.717) is 18.2 Å². The lowest BCUT2D eigenvalue weighted by molar-refractivity contribution is -0.116. The molecule has 5 nitrogen and oxygen atoms in total. The average Bonchev–Trinajstić information content (AvgIpc) is 2.72. The molecule has 0 unspecified atom stereocenters. The van der Waals surface area contributed by atoms with Gasteiger partial charge in [-0.15, -0.1) is 5.10 Å². The lowest BCUT2D eigenvalue weighted by Gasteiger charge is -2.08. The molecule has 0 atom stereocenters. The van der Waals surface area contributed by atoms with Gasteiger partial charge in [-0.05, 0) is 44.4 Å². The van der Waals surface area contributed by atoms with Gasteiger partial charge in [0, 0.05) is 19.2 Å². The third kappa shape index (κ3) is 4.00. The van der Waals surface area contributed by atoms with Crippen molar-refractivity contribution in [2.45, 2.75) is 46.6 Å². The number of hydrogen-bond donors (Lipinski definition) is 1. The van der Waals surface area contributed by atoms with Gasteiger partial charge in [-0.25, -0.2) is 0 Å². The molecule has 2 aromatic rings. The molecule has 0 aliphatic rings. The molecule has 2 rings (SSSR count). The highest BCUT2D eigenvalue weighted by Crippen LogP contribution is 2.28. The maximum Gasteiger partial charge on any atom is 0.241 e. The Morgan fingerprint density at radius 3 is 2.68 bits per heavy atom. The predicted molar refractivity (Wildman–Crippen MR) is 89.2 cm³/mol. The average molecular weight is 303 g/mol. The molecule has 0 saturated carbocycles. The maximum absolute atomic E-state index is 12.0. The zero-order chi connectivity index (χ0) is 16.3. The highest BCUT2D eigenvalue weighted by atomic mass is 16.5. The van der Waals surface area contributed by atoms with E-state index < -0.39 is 0 Å². The number of rotatable bonds is 6. The number of nitrogens with one attached hydrogen (secondary N) is 1. The molecule has 0 aliphatic heterocycles. The van der Waals surface area contributed by atoms with Gasteiger partial charge in [0.25, 0.3) is 0 Å². The molecule has 22 heavy (non-hydrogen) atoms. The fourth-order valence-electron chi connectivity index (χ4n) is 2.26. The molecule has 1 heterocycles. The number of nitrogens with zero attached hydrogens (tertiary/aromatic N) is 2. The summed E-state index contributed by atoms with van der Waals surface area (Å²) in [6, 6.07) is 5.78. The van der Waals surface area contributed by atoms with Gasteiger partial charge in [-0.1, -0.05) is 13.8 Å². The maximum atomic E-state index is 12.0. The van der Waals surface area contributed by atoms with Crippen LogP contribution in [-0.2, 0) is 11.8 Å². The second-order valence-electron chi connectivity index (χ2n) is 6.31. The van der Waals surface area contributed by atoms with E-state index in [0.717, 1.165) is 23.0 Å². The Hall–Kier alpha value is -2.04. The number of ether oxygens (including phenoxy) is 1. The Labute approximate surface area is 131 Å². The first-order valence-electron chi connectivity index (χ1n) is 7.80. The van der Waals surface area contributed by atoms with E-state index in [1.165, 1.54) is 0 Å². The molecule has 0 bridgehead atoms. The lowest BCUT2D eigenvalue weighted by atomic mass is 10.1. The Bertz CT molecular complexity index is 659. The molecule has 0 radical (unpaired) electrons. The van der Waals surface area contributed by atoms with Gasteiger partial charge >= 0.3 is 0 Å². The van der Waals surface area contributed by atoms with Crippen LogP contribution in [0.3, 0.4) is 0 Å². The monoisotopic (exact) mass is 303 g/mol. The number of anilines is 1. The van der Waals surface area contributed by atoms with Crippen molar-refractivity contribution >= 4 is 22.5 Å². The molecule has 0 saturated heterocycles. The molecule has 5 heteroatoms. The van der Waals surface area contributed by atoms with Crippen LogP contribution in [0.2, 0.25) is 0 Å². The van der Waals surface area contributed by atoms with Crippen LogP contribution in [-0.4, -0.2) is 21.8 Å². The van der Waals surface area contributed by atoms with E-state index in [-0.39, 0.29) is 12.0 Å². The van der Waals surface area contributed by atoms with Gasteiger partial charge in [0.05, 0.1) is 17.0 Å². The largest absolute Gasteiger partial charge is 0.473 e. The van der Waals surface area contributed by atoms with Gasteiger partial charge in [0.2, 0.25) is 11.8 Å². The fraction of sp³-hybridized carbons (Fsp3) is 0.529. The smallest absolute Gasteiger partial charge is 0.241 e. The molecule has 0 spiro atoms. The van der Waals surface area contributed by atoms with Crippen LogP contribution in [0.1, 0.15) is 40.5 Å². The van der Waals surface area contributed by atoms with E-state index in [4.69, 9.17) is 4.74 Å². The first-order chi connectivity index (χ1) is 10.4. The number of carbonyl (C=O) groups is 1. The minimum Gasteiger partial charge on any atom is -0.473 e. The van der Waals surface area contributed by atoms with Gasteiger partial charge < -0.3 is 10.1 Å². The summed E-state index contributed by atoms with van der Waals surface area (Å²) in [6.45, 7) is 8.17. The Balaban J connectivity index is 2.20. The van der Waals surface area contributed by atoms with Crippen LogP contribution in [0.25, 0.3) is 10.9 Å². The molecule has 1 amide bonds. The van der Waals surface area contributed by atoms with Gasteiger partial charge in [-0.2, -0.15) is 0 Å². The number of carbonyl (C=O) groups excluding carboxylic acids is 1. The van der Waals surface area contributed by atoms with Gasteiger partial charge in [-0.3, -0.25) is 9.48 Å². The zero-order valence-corrected chi connectivity index (χ0v) is 14.0. The van der Waals surface area contributed by atoms with E-state index in [2.05, 4.69) is 24.3 Å². The second-order valence-corrected chi connectivity index (χ2v) is 6.31. The summed E-state index contributed by atoms with van der Waals surface area (Å²) in [5.74, 6) is 1.17. The lowest BCUT2D eigenvalue weighted by Crippen LogP contribution is -2.12. The fourth-order valence-corrected chi connectivity index (χ4v) is 2.26. The van der Waals surface area contributed by atoms with Gasteiger partial charge in [0.1, 0.15) is 0 Å². The van der Waals surface area contributed by atoms with Crippen LogP contribution in [0.15, 0.2) is 18.2 Å². The Morgan fingerprint density at radius 2 is 2.05 bits per heavy atom. The Morgan fingerprint density at radius 1 is 1.32 bits per heavy atom. The number of amides is 1. The minimum atomic E-state index is 0.0447. The second kappa shape index (κ2) is 6.81. The summed E-state index contributed by atoms with van der Waals surface area (Å²) in [6.07, 6.45) is 1.49. The minimum absolute atomic E-state index is 0.0447. The van der Waals surface area contributed by atoms with Crippen molar-refractivity contribution < 1.29 is 9.53 Å². The molecule has 0 fully saturated rings. The summed E-state index contributed by atoms with van der Waals surface area (Å²) in [5, 5.41) is 8.25. The predicted octanol–water partition coefficient (Wildman–Crippen LogP) is 3.74. The molecule has 0 aliphatic carbocycles. The molecule has 1 aromatic heterocycles. The highest BCUT2D eigenvalue weighted by molar-refractivity contribution is 5.95. The molecular weight excluding hydrogens is 278 g/mol. The Kier molecular flexibility index (Phi) is 5.06. The molecular formula is C17H25N3O2. The molecule has 120 valence electrons. The van der Waals surface area contributed by atoms with E-state index in [1.807, 2.05) is 39.1 Å². The SMILES string of the molecule is CC(C)CCC(=O)Nc1ccc2c(c1)c(OC(C)C)nn2C. The van der Waals surface area contributed by atoms with Crippen LogP contribution in [0.5, 0.6) is 5.88 Å². The first-order valence-corrected chi connectivity index (χ1v) is 7.80. The highest BCUT2D eigenvalue weighted by Gasteiger charge is 2.13.